The molecule has 5 aromatic carbocycles. The fourth-order valence-corrected chi connectivity index (χ4v) is 5.37. The molecule has 0 saturated heterocycles. The summed E-state index contributed by atoms with van der Waals surface area (Å²) >= 11 is 7.20. The lowest BCUT2D eigenvalue weighted by atomic mass is 10.1. The minimum absolute atomic E-state index is 0.264. The number of benzene rings is 5. The van der Waals surface area contributed by atoms with Crippen LogP contribution in [0.3, 0.4) is 0 Å². The maximum Gasteiger partial charge on any atom is 0.271 e. The third kappa shape index (κ3) is 5.29. The minimum atomic E-state index is -0.264. The third-order valence-electron chi connectivity index (χ3n) is 5.66. The summed E-state index contributed by atoms with van der Waals surface area (Å²) in [5.74, 6) is 0.440. The number of halogens is 2. The Morgan fingerprint density at radius 3 is 2.29 bits per heavy atom. The maximum atomic E-state index is 12.5. The van der Waals surface area contributed by atoms with Crippen LogP contribution in [0.2, 0.25) is 0 Å². The van der Waals surface area contributed by atoms with E-state index in [2.05, 4.69) is 66.7 Å². The fourth-order valence-electron chi connectivity index (χ4n) is 3.92. The molecule has 0 aliphatic rings. The van der Waals surface area contributed by atoms with Gasteiger partial charge in [0.2, 0.25) is 0 Å². The van der Waals surface area contributed by atoms with E-state index in [9.17, 15) is 4.79 Å². The van der Waals surface area contributed by atoms with E-state index in [0.717, 1.165) is 30.8 Å². The number of amides is 1. The van der Waals surface area contributed by atoms with Gasteiger partial charge in [0, 0.05) is 5.56 Å². The highest BCUT2D eigenvalue weighted by Crippen LogP contribution is 2.35. The molecule has 0 aromatic heterocycles. The second-order valence-corrected chi connectivity index (χ2v) is 9.71. The number of hydrogen-bond acceptors (Lipinski definition) is 3. The van der Waals surface area contributed by atoms with E-state index in [-0.39, 0.29) is 5.91 Å². The van der Waals surface area contributed by atoms with Gasteiger partial charge in [-0.2, -0.15) is 5.10 Å². The van der Waals surface area contributed by atoms with Crippen LogP contribution in [-0.2, 0) is 6.61 Å². The molecule has 35 heavy (non-hydrogen) atoms. The molecular weight excluding hydrogens is 568 g/mol. The Bertz CT molecular complexity index is 1550. The summed E-state index contributed by atoms with van der Waals surface area (Å²) in [6.07, 6.45) is 1.60. The standard InChI is InChI=1S/C29H20Br2N2O2/c30-26-14-19(17-32-33-29(34)23-13-12-20-6-1-2-8-22(20)16-23)15-27(31)28(26)35-18-24-10-5-9-21-7-3-4-11-25(21)24/h1-17H,18H2,(H,33,34)/b32-17-. The van der Waals surface area contributed by atoms with E-state index in [1.54, 1.807) is 12.3 Å². The number of carbonyl (C=O) groups is 1. The maximum absolute atomic E-state index is 12.5. The molecule has 0 saturated carbocycles. The van der Waals surface area contributed by atoms with Crippen LogP contribution in [0.25, 0.3) is 21.5 Å². The van der Waals surface area contributed by atoms with Crippen molar-refractivity contribution in [2.24, 2.45) is 5.10 Å². The van der Waals surface area contributed by atoms with Gasteiger partial charge in [-0.3, -0.25) is 4.79 Å². The van der Waals surface area contributed by atoms with Crippen molar-refractivity contribution in [2.45, 2.75) is 6.61 Å². The van der Waals surface area contributed by atoms with Crippen LogP contribution >= 0.6 is 31.9 Å². The number of nitrogens with zero attached hydrogens (tertiary/aromatic N) is 1. The largest absolute Gasteiger partial charge is 0.487 e. The molecule has 5 aromatic rings. The first-order valence-electron chi connectivity index (χ1n) is 11.0. The second-order valence-electron chi connectivity index (χ2n) is 8.00. The summed E-state index contributed by atoms with van der Waals surface area (Å²) in [6.45, 7) is 0.438. The van der Waals surface area contributed by atoms with Gasteiger partial charge < -0.3 is 4.74 Å². The third-order valence-corrected chi connectivity index (χ3v) is 6.84. The zero-order valence-corrected chi connectivity index (χ0v) is 21.7. The Morgan fingerprint density at radius 1 is 0.800 bits per heavy atom. The molecule has 0 aliphatic carbocycles. The first-order chi connectivity index (χ1) is 17.1. The van der Waals surface area contributed by atoms with Crippen LogP contribution in [0.5, 0.6) is 5.75 Å². The van der Waals surface area contributed by atoms with Gasteiger partial charge in [-0.15, -0.1) is 0 Å². The van der Waals surface area contributed by atoms with Gasteiger partial charge in [-0.25, -0.2) is 5.43 Å². The second kappa shape index (κ2) is 10.4. The molecule has 0 bridgehead atoms. The summed E-state index contributed by atoms with van der Waals surface area (Å²) < 4.78 is 7.72. The Kier molecular flexibility index (Phi) is 6.93. The van der Waals surface area contributed by atoms with Crippen LogP contribution in [0.1, 0.15) is 21.5 Å². The molecule has 0 spiro atoms. The van der Waals surface area contributed by atoms with Crippen molar-refractivity contribution in [1.82, 2.24) is 5.43 Å². The van der Waals surface area contributed by atoms with Crippen LogP contribution in [0.15, 0.2) is 111 Å². The normalized spacial score (nSPS) is 11.3. The molecule has 0 heterocycles. The van der Waals surface area contributed by atoms with Gasteiger partial charge in [-0.05, 0) is 88.8 Å². The summed E-state index contributed by atoms with van der Waals surface area (Å²) in [5.41, 5.74) is 5.07. The monoisotopic (exact) mass is 586 g/mol. The predicted molar refractivity (Wildman–Crippen MR) is 149 cm³/mol. The van der Waals surface area contributed by atoms with Crippen molar-refractivity contribution in [2.75, 3.05) is 0 Å². The number of nitrogens with one attached hydrogen (secondary N) is 1. The highest BCUT2D eigenvalue weighted by molar-refractivity contribution is 9.11. The van der Waals surface area contributed by atoms with Gasteiger partial charge in [0.25, 0.3) is 5.91 Å². The molecule has 0 radical (unpaired) electrons. The summed E-state index contributed by atoms with van der Waals surface area (Å²) in [7, 11) is 0. The number of hydrazone groups is 1. The Morgan fingerprint density at radius 2 is 1.49 bits per heavy atom. The molecule has 0 fully saturated rings. The van der Waals surface area contributed by atoms with Crippen molar-refractivity contribution in [3.8, 4) is 5.75 Å². The Balaban J connectivity index is 1.26. The summed E-state index contributed by atoms with van der Waals surface area (Å²) in [6, 6.07) is 31.8. The Hall–Kier alpha value is -3.48. The number of hydrogen-bond donors (Lipinski definition) is 1. The number of carbonyl (C=O) groups excluding carboxylic acids is 1. The van der Waals surface area contributed by atoms with Crippen LogP contribution in [0, 0.1) is 0 Å². The van der Waals surface area contributed by atoms with Crippen molar-refractivity contribution in [3.05, 3.63) is 123 Å². The summed E-state index contributed by atoms with van der Waals surface area (Å²) in [4.78, 5) is 12.5. The van der Waals surface area contributed by atoms with E-state index in [0.29, 0.717) is 17.9 Å². The molecule has 0 aliphatic heterocycles. The van der Waals surface area contributed by atoms with Gasteiger partial charge in [-0.1, -0.05) is 72.8 Å². The van der Waals surface area contributed by atoms with E-state index >= 15 is 0 Å². The highest BCUT2D eigenvalue weighted by Gasteiger charge is 2.11. The fraction of sp³-hybridized carbons (Fsp3) is 0.0345. The molecule has 1 amide bonds. The van der Waals surface area contributed by atoms with Gasteiger partial charge in [0.15, 0.2) is 0 Å². The van der Waals surface area contributed by atoms with E-state index in [1.165, 1.54) is 10.8 Å². The number of fused-ring (bicyclic) bond motifs is 2. The van der Waals surface area contributed by atoms with Crippen LogP contribution < -0.4 is 10.2 Å². The van der Waals surface area contributed by atoms with Crippen molar-refractivity contribution >= 4 is 65.5 Å². The van der Waals surface area contributed by atoms with Crippen LogP contribution in [-0.4, -0.2) is 12.1 Å². The van der Waals surface area contributed by atoms with E-state index in [4.69, 9.17) is 4.74 Å². The molecule has 6 heteroatoms. The molecule has 172 valence electrons. The molecule has 0 unspecified atom stereocenters. The first-order valence-corrected chi connectivity index (χ1v) is 12.6. The molecular formula is C29H20Br2N2O2. The van der Waals surface area contributed by atoms with E-state index < -0.39 is 0 Å². The number of rotatable bonds is 6. The average Bonchev–Trinajstić information content (AvgIpc) is 2.88. The predicted octanol–water partition coefficient (Wildman–Crippen LogP) is 7.86. The van der Waals surface area contributed by atoms with Gasteiger partial charge in [0.1, 0.15) is 12.4 Å². The van der Waals surface area contributed by atoms with Crippen molar-refractivity contribution in [1.29, 1.82) is 0 Å². The molecule has 4 nitrogen and oxygen atoms in total. The Labute approximate surface area is 219 Å². The minimum Gasteiger partial charge on any atom is -0.487 e. The molecule has 0 atom stereocenters. The SMILES string of the molecule is O=C(N/N=C\c1cc(Br)c(OCc2cccc3ccccc23)c(Br)c1)c1ccc2ccccc2c1. The number of ether oxygens (including phenoxy) is 1. The average molecular weight is 588 g/mol. The zero-order chi connectivity index (χ0) is 24.2. The van der Waals surface area contributed by atoms with Gasteiger partial charge in [0.05, 0.1) is 15.2 Å². The van der Waals surface area contributed by atoms with Gasteiger partial charge >= 0.3 is 0 Å². The smallest absolute Gasteiger partial charge is 0.271 e. The lowest BCUT2D eigenvalue weighted by Crippen LogP contribution is -2.17. The van der Waals surface area contributed by atoms with Crippen molar-refractivity contribution in [3.63, 3.8) is 0 Å². The van der Waals surface area contributed by atoms with E-state index in [1.807, 2.05) is 66.7 Å². The zero-order valence-electron chi connectivity index (χ0n) is 18.5. The lowest BCUT2D eigenvalue weighted by Gasteiger charge is -2.13. The first kappa shape index (κ1) is 23.3. The topological polar surface area (TPSA) is 50.7 Å². The lowest BCUT2D eigenvalue weighted by molar-refractivity contribution is 0.0955. The summed E-state index contributed by atoms with van der Waals surface area (Å²) in [5, 5.41) is 8.59. The van der Waals surface area contributed by atoms with Crippen LogP contribution in [0.4, 0.5) is 0 Å². The molecule has 5 rings (SSSR count). The highest BCUT2D eigenvalue weighted by atomic mass is 79.9. The quantitative estimate of drug-likeness (QED) is 0.162. The van der Waals surface area contributed by atoms with Crippen molar-refractivity contribution < 1.29 is 9.53 Å². The molecule has 1 N–H and O–H groups in total.